The maximum atomic E-state index is 13.7. The normalized spacial score (nSPS) is 27.3. The number of ether oxygens (including phenoxy) is 2. The number of esters is 2. The molecular weight excluding hydrogens is 424 g/mol. The molecule has 6 heteroatoms. The average Bonchev–Trinajstić information content (AvgIpc) is 3.35. The van der Waals surface area contributed by atoms with Crippen LogP contribution in [0, 0.1) is 17.8 Å². The molecule has 144 valence electrons. The minimum atomic E-state index is -1.66. The van der Waals surface area contributed by atoms with E-state index >= 15 is 0 Å². The Labute approximate surface area is 171 Å². The number of halogens is 1. The number of fused-ring (bicyclic) bond motifs is 3. The Kier molecular flexibility index (Phi) is 4.23. The molecule has 2 aromatic carbocycles. The summed E-state index contributed by atoms with van der Waals surface area (Å²) < 4.78 is 11.3. The van der Waals surface area contributed by atoms with Crippen LogP contribution in [-0.2, 0) is 14.3 Å². The first-order chi connectivity index (χ1) is 13.3. The fourth-order valence-electron chi connectivity index (χ4n) is 4.81. The molecule has 4 rings (SSSR count). The van der Waals surface area contributed by atoms with Crippen molar-refractivity contribution in [1.82, 2.24) is 0 Å². The van der Waals surface area contributed by atoms with Gasteiger partial charge in [-0.25, -0.2) is 0 Å². The lowest BCUT2D eigenvalue weighted by Gasteiger charge is -2.22. The number of hydrogen-bond donors (Lipinski definition) is 0. The van der Waals surface area contributed by atoms with Gasteiger partial charge in [0.15, 0.2) is 11.2 Å². The summed E-state index contributed by atoms with van der Waals surface area (Å²) in [5, 5.41) is 0. The van der Waals surface area contributed by atoms with Gasteiger partial charge in [0.1, 0.15) is 5.75 Å². The van der Waals surface area contributed by atoms with Crippen LogP contribution in [0.3, 0.4) is 0 Å². The molecule has 1 aliphatic heterocycles. The molecule has 0 aromatic heterocycles. The number of methoxy groups -OCH3 is 1. The first kappa shape index (κ1) is 18.9. The highest BCUT2D eigenvalue weighted by molar-refractivity contribution is 9.10. The quantitative estimate of drug-likeness (QED) is 0.307. The molecule has 1 aliphatic carbocycles. The SMILES string of the molecule is CC[C@]1(C(=O)c2ccc(C)cc2)[C@H]2c3cc(Br)ccc3OC(=O)[C@]21C(=O)OC. The van der Waals surface area contributed by atoms with Crippen molar-refractivity contribution in [3.8, 4) is 5.75 Å². The summed E-state index contributed by atoms with van der Waals surface area (Å²) in [5.41, 5.74) is -0.743. The van der Waals surface area contributed by atoms with Crippen LogP contribution in [0.5, 0.6) is 5.75 Å². The number of carbonyl (C=O) groups excluding carboxylic acids is 3. The Bertz CT molecular complexity index is 1010. The lowest BCUT2D eigenvalue weighted by molar-refractivity contribution is -0.160. The summed E-state index contributed by atoms with van der Waals surface area (Å²) in [6.07, 6.45) is 0.306. The zero-order chi connectivity index (χ0) is 20.3. The number of carbonyl (C=O) groups is 3. The van der Waals surface area contributed by atoms with Crippen molar-refractivity contribution >= 4 is 33.7 Å². The summed E-state index contributed by atoms with van der Waals surface area (Å²) in [4.78, 5) is 39.7. The van der Waals surface area contributed by atoms with E-state index in [1.807, 2.05) is 32.0 Å². The van der Waals surface area contributed by atoms with Crippen LogP contribution in [0.2, 0.25) is 0 Å². The standard InChI is InChI=1S/C22H19BrO5/c1-4-21(18(24)13-7-5-12(2)6-8-13)17-15-11-14(23)9-10-16(15)28-20(26)22(17,21)19(25)27-3/h5-11,17H,4H2,1-3H3/t17-,21-,22-/m1/s1. The van der Waals surface area contributed by atoms with Gasteiger partial charge in [-0.15, -0.1) is 0 Å². The monoisotopic (exact) mass is 442 g/mol. The molecule has 1 fully saturated rings. The fourth-order valence-corrected chi connectivity index (χ4v) is 5.19. The van der Waals surface area contributed by atoms with Crippen LogP contribution in [0.25, 0.3) is 0 Å². The van der Waals surface area contributed by atoms with Crippen LogP contribution in [0.15, 0.2) is 46.9 Å². The van der Waals surface area contributed by atoms with E-state index in [1.54, 1.807) is 24.3 Å². The molecule has 0 N–H and O–H groups in total. The predicted octanol–water partition coefficient (Wildman–Crippen LogP) is 4.21. The fraction of sp³-hybridized carbons (Fsp3) is 0.318. The minimum Gasteiger partial charge on any atom is -0.468 e. The summed E-state index contributed by atoms with van der Waals surface area (Å²) in [5.74, 6) is -1.93. The van der Waals surface area contributed by atoms with Gasteiger partial charge in [0.05, 0.1) is 12.5 Å². The first-order valence-corrected chi connectivity index (χ1v) is 9.85. The van der Waals surface area contributed by atoms with Gasteiger partial charge in [0, 0.05) is 21.5 Å². The molecule has 0 radical (unpaired) electrons. The maximum Gasteiger partial charge on any atom is 0.330 e. The van der Waals surface area contributed by atoms with Crippen LogP contribution >= 0.6 is 15.9 Å². The second-order valence-corrected chi connectivity index (χ2v) is 8.24. The van der Waals surface area contributed by atoms with Crippen molar-refractivity contribution in [2.24, 2.45) is 10.8 Å². The molecular formula is C22H19BrO5. The smallest absolute Gasteiger partial charge is 0.330 e. The van der Waals surface area contributed by atoms with Crippen molar-refractivity contribution in [2.45, 2.75) is 26.2 Å². The molecule has 5 nitrogen and oxygen atoms in total. The van der Waals surface area contributed by atoms with Gasteiger partial charge >= 0.3 is 11.9 Å². The van der Waals surface area contributed by atoms with E-state index < -0.39 is 28.7 Å². The van der Waals surface area contributed by atoms with Gasteiger partial charge in [-0.2, -0.15) is 0 Å². The molecule has 0 unspecified atom stereocenters. The molecule has 0 bridgehead atoms. The Morgan fingerprint density at radius 3 is 2.46 bits per heavy atom. The third kappa shape index (κ3) is 2.15. The van der Waals surface area contributed by atoms with Crippen molar-refractivity contribution in [3.05, 3.63) is 63.6 Å². The largest absolute Gasteiger partial charge is 0.468 e. The molecule has 2 aromatic rings. The van der Waals surface area contributed by atoms with Gasteiger partial charge in [-0.1, -0.05) is 52.7 Å². The number of ketones is 1. The number of Topliss-reactive ketones (excluding diaryl/α,β-unsaturated/α-hetero) is 1. The Morgan fingerprint density at radius 1 is 1.18 bits per heavy atom. The molecule has 0 spiro atoms. The van der Waals surface area contributed by atoms with E-state index in [0.717, 1.165) is 10.0 Å². The molecule has 1 heterocycles. The van der Waals surface area contributed by atoms with Crippen LogP contribution in [0.1, 0.15) is 40.7 Å². The van der Waals surface area contributed by atoms with E-state index in [0.29, 0.717) is 23.3 Å². The lowest BCUT2D eigenvalue weighted by Crippen LogP contribution is -2.40. The van der Waals surface area contributed by atoms with Gasteiger partial charge < -0.3 is 9.47 Å². The van der Waals surface area contributed by atoms with Gasteiger partial charge in [-0.3, -0.25) is 14.4 Å². The number of hydrogen-bond acceptors (Lipinski definition) is 5. The number of rotatable bonds is 4. The first-order valence-electron chi connectivity index (χ1n) is 9.06. The second-order valence-electron chi connectivity index (χ2n) is 7.32. The second kappa shape index (κ2) is 6.27. The lowest BCUT2D eigenvalue weighted by atomic mass is 9.83. The highest BCUT2D eigenvalue weighted by Crippen LogP contribution is 2.80. The highest BCUT2D eigenvalue weighted by Gasteiger charge is 2.90. The van der Waals surface area contributed by atoms with Crippen LogP contribution in [0.4, 0.5) is 0 Å². The molecule has 28 heavy (non-hydrogen) atoms. The molecule has 1 saturated carbocycles. The molecule has 2 aliphatic rings. The van der Waals surface area contributed by atoms with Crippen LogP contribution < -0.4 is 4.74 Å². The Morgan fingerprint density at radius 2 is 1.86 bits per heavy atom. The third-order valence-electron chi connectivity index (χ3n) is 6.14. The van der Waals surface area contributed by atoms with E-state index in [1.165, 1.54) is 7.11 Å². The number of benzene rings is 2. The average molecular weight is 443 g/mol. The third-order valence-corrected chi connectivity index (χ3v) is 6.63. The summed E-state index contributed by atoms with van der Waals surface area (Å²) >= 11 is 3.43. The minimum absolute atomic E-state index is 0.241. The van der Waals surface area contributed by atoms with Gasteiger partial charge in [0.2, 0.25) is 0 Å². The topological polar surface area (TPSA) is 69.7 Å². The Hall–Kier alpha value is -2.47. The van der Waals surface area contributed by atoms with Crippen molar-refractivity contribution in [3.63, 3.8) is 0 Å². The highest BCUT2D eigenvalue weighted by atomic mass is 79.9. The summed E-state index contributed by atoms with van der Waals surface area (Å²) in [7, 11) is 1.23. The zero-order valence-corrected chi connectivity index (χ0v) is 17.3. The Balaban J connectivity index is 1.95. The van der Waals surface area contributed by atoms with Gasteiger partial charge in [-0.05, 0) is 31.5 Å². The molecule has 0 amide bonds. The van der Waals surface area contributed by atoms with Crippen molar-refractivity contribution in [1.29, 1.82) is 0 Å². The number of aryl methyl sites for hydroxylation is 1. The predicted molar refractivity (Wildman–Crippen MR) is 105 cm³/mol. The summed E-state index contributed by atoms with van der Waals surface area (Å²) in [6.45, 7) is 3.75. The van der Waals surface area contributed by atoms with Crippen molar-refractivity contribution < 1.29 is 23.9 Å². The van der Waals surface area contributed by atoms with Crippen molar-refractivity contribution in [2.75, 3.05) is 7.11 Å². The van der Waals surface area contributed by atoms with Gasteiger partial charge in [0.25, 0.3) is 0 Å². The van der Waals surface area contributed by atoms with E-state index in [4.69, 9.17) is 9.47 Å². The van der Waals surface area contributed by atoms with Crippen LogP contribution in [-0.4, -0.2) is 24.8 Å². The van der Waals surface area contributed by atoms with E-state index in [2.05, 4.69) is 15.9 Å². The maximum absolute atomic E-state index is 13.7. The molecule has 3 atom stereocenters. The summed E-state index contributed by atoms with van der Waals surface area (Å²) in [6, 6.07) is 12.4. The van der Waals surface area contributed by atoms with E-state index in [9.17, 15) is 14.4 Å². The van der Waals surface area contributed by atoms with E-state index in [-0.39, 0.29) is 5.78 Å². The zero-order valence-electron chi connectivity index (χ0n) is 15.7. The molecule has 0 saturated heterocycles.